The second-order valence-electron chi connectivity index (χ2n) is 3.66. The molecule has 0 bridgehead atoms. The summed E-state index contributed by atoms with van der Waals surface area (Å²) in [5, 5.41) is 11.7. The molecule has 4 nitrogen and oxygen atoms in total. The fraction of sp³-hybridized carbons (Fsp3) is 0.417. The molecule has 2 N–H and O–H groups in total. The van der Waals surface area contributed by atoms with Crippen molar-refractivity contribution in [3.05, 3.63) is 29.8 Å². The first-order valence-corrected chi connectivity index (χ1v) is 5.22. The summed E-state index contributed by atoms with van der Waals surface area (Å²) in [5.74, 6) is 0.492. The number of nitrogens with one attached hydrogen (secondary N) is 1. The van der Waals surface area contributed by atoms with E-state index >= 15 is 0 Å². The lowest BCUT2D eigenvalue weighted by atomic mass is 10.1. The maximum atomic E-state index is 10.9. The molecule has 0 aliphatic rings. The molecule has 0 saturated heterocycles. The van der Waals surface area contributed by atoms with Gasteiger partial charge in [-0.1, -0.05) is 12.1 Å². The summed E-state index contributed by atoms with van der Waals surface area (Å²) in [7, 11) is 1.57. The summed E-state index contributed by atoms with van der Waals surface area (Å²) < 4.78 is 5.24. The number of rotatable bonds is 5. The van der Waals surface area contributed by atoms with Crippen molar-refractivity contribution in [2.24, 2.45) is 0 Å². The number of carbonyl (C=O) groups is 1. The summed E-state index contributed by atoms with van der Waals surface area (Å²) in [6.45, 7) is 1.77. The first-order chi connectivity index (χ1) is 7.61. The molecule has 16 heavy (non-hydrogen) atoms. The molecule has 1 amide bonds. The number of hydrogen-bond acceptors (Lipinski definition) is 3. The van der Waals surface area contributed by atoms with Crippen LogP contribution in [0.25, 0.3) is 0 Å². The smallest absolute Gasteiger partial charge is 0.257 e. The molecule has 1 aromatic carbocycles. The fourth-order valence-electron chi connectivity index (χ4n) is 1.28. The van der Waals surface area contributed by atoms with Gasteiger partial charge in [-0.3, -0.25) is 4.79 Å². The van der Waals surface area contributed by atoms with Crippen molar-refractivity contribution in [2.75, 3.05) is 13.7 Å². The number of hydrogen-bond donors (Lipinski definition) is 2. The molecule has 4 heteroatoms. The van der Waals surface area contributed by atoms with E-state index in [1.54, 1.807) is 26.1 Å². The molecule has 0 saturated carbocycles. The second kappa shape index (κ2) is 6.12. The van der Waals surface area contributed by atoms with Crippen LogP contribution in [0, 0.1) is 0 Å². The predicted molar refractivity (Wildman–Crippen MR) is 61.4 cm³/mol. The Morgan fingerprint density at radius 3 is 2.56 bits per heavy atom. The first kappa shape index (κ1) is 12.5. The van der Waals surface area contributed by atoms with Crippen molar-refractivity contribution in [1.29, 1.82) is 0 Å². The zero-order chi connectivity index (χ0) is 12.0. The molecule has 0 aliphatic carbocycles. The van der Waals surface area contributed by atoms with Gasteiger partial charge in [-0.05, 0) is 31.0 Å². The Morgan fingerprint density at radius 2 is 2.06 bits per heavy atom. The van der Waals surface area contributed by atoms with Gasteiger partial charge in [-0.25, -0.2) is 0 Å². The van der Waals surface area contributed by atoms with Gasteiger partial charge in [0, 0.05) is 7.05 Å². The molecule has 0 aromatic heterocycles. The number of aliphatic hydroxyl groups is 1. The SMILES string of the molecule is CNC(=O)COc1ccc(CC(C)O)cc1. The Bertz CT molecular complexity index is 333. The second-order valence-corrected chi connectivity index (χ2v) is 3.66. The van der Waals surface area contributed by atoms with E-state index in [9.17, 15) is 9.90 Å². The van der Waals surface area contributed by atoms with Crippen molar-refractivity contribution in [2.45, 2.75) is 19.4 Å². The highest BCUT2D eigenvalue weighted by Gasteiger charge is 2.01. The van der Waals surface area contributed by atoms with E-state index in [-0.39, 0.29) is 18.6 Å². The monoisotopic (exact) mass is 223 g/mol. The standard InChI is InChI=1S/C12H17NO3/c1-9(14)7-10-3-5-11(6-4-10)16-8-12(15)13-2/h3-6,9,14H,7-8H2,1-2H3,(H,13,15). The van der Waals surface area contributed by atoms with Gasteiger partial charge in [0.1, 0.15) is 5.75 Å². The Labute approximate surface area is 95.2 Å². The number of carbonyl (C=O) groups excluding carboxylic acids is 1. The molecule has 1 atom stereocenters. The van der Waals surface area contributed by atoms with E-state index < -0.39 is 0 Å². The highest BCUT2D eigenvalue weighted by atomic mass is 16.5. The van der Waals surface area contributed by atoms with E-state index in [0.717, 1.165) is 5.56 Å². The van der Waals surface area contributed by atoms with Crippen LogP contribution in [-0.2, 0) is 11.2 Å². The minimum absolute atomic E-state index is 0.0201. The molecular formula is C12H17NO3. The third-order valence-corrected chi connectivity index (χ3v) is 2.10. The van der Waals surface area contributed by atoms with Crippen LogP contribution in [0.3, 0.4) is 0 Å². The Morgan fingerprint density at radius 1 is 1.44 bits per heavy atom. The van der Waals surface area contributed by atoms with Crippen LogP contribution >= 0.6 is 0 Å². The third kappa shape index (κ3) is 4.31. The van der Waals surface area contributed by atoms with Gasteiger partial charge in [0.15, 0.2) is 6.61 Å². The van der Waals surface area contributed by atoms with Crippen LogP contribution in [-0.4, -0.2) is 30.8 Å². The predicted octanol–water partition coefficient (Wildman–Crippen LogP) is 0.735. The van der Waals surface area contributed by atoms with Crippen LogP contribution in [0.2, 0.25) is 0 Å². The normalized spacial score (nSPS) is 11.9. The summed E-state index contributed by atoms with van der Waals surface area (Å²) in [6.07, 6.45) is 0.271. The van der Waals surface area contributed by atoms with Gasteiger partial charge in [-0.2, -0.15) is 0 Å². The first-order valence-electron chi connectivity index (χ1n) is 5.22. The van der Waals surface area contributed by atoms with Crippen LogP contribution < -0.4 is 10.1 Å². The van der Waals surface area contributed by atoms with Crippen molar-refractivity contribution >= 4 is 5.91 Å². The maximum Gasteiger partial charge on any atom is 0.257 e. The average molecular weight is 223 g/mol. The van der Waals surface area contributed by atoms with Gasteiger partial charge >= 0.3 is 0 Å². The molecule has 0 spiro atoms. The third-order valence-electron chi connectivity index (χ3n) is 2.10. The van der Waals surface area contributed by atoms with E-state index in [1.165, 1.54) is 0 Å². The Hall–Kier alpha value is -1.55. The lowest BCUT2D eigenvalue weighted by Gasteiger charge is -2.07. The van der Waals surface area contributed by atoms with Crippen LogP contribution in [0.15, 0.2) is 24.3 Å². The average Bonchev–Trinajstić information content (AvgIpc) is 2.27. The van der Waals surface area contributed by atoms with E-state index in [1.807, 2.05) is 12.1 Å². The zero-order valence-corrected chi connectivity index (χ0v) is 9.56. The molecule has 0 aliphatic heterocycles. The van der Waals surface area contributed by atoms with Gasteiger partial charge in [0.05, 0.1) is 6.10 Å². The topological polar surface area (TPSA) is 58.6 Å². The van der Waals surface area contributed by atoms with Crippen LogP contribution in [0.1, 0.15) is 12.5 Å². The quantitative estimate of drug-likeness (QED) is 0.774. The molecule has 1 rings (SSSR count). The van der Waals surface area contributed by atoms with E-state index in [4.69, 9.17) is 4.74 Å². The summed E-state index contributed by atoms with van der Waals surface area (Å²) in [5.41, 5.74) is 1.04. The molecule has 1 aromatic rings. The minimum Gasteiger partial charge on any atom is -0.484 e. The number of likely N-dealkylation sites (N-methyl/N-ethyl adjacent to an activating group) is 1. The summed E-state index contributed by atoms with van der Waals surface area (Å²) in [4.78, 5) is 10.9. The number of ether oxygens (including phenoxy) is 1. The van der Waals surface area contributed by atoms with Crippen molar-refractivity contribution in [1.82, 2.24) is 5.32 Å². The van der Waals surface area contributed by atoms with Crippen LogP contribution in [0.4, 0.5) is 0 Å². The van der Waals surface area contributed by atoms with Crippen molar-refractivity contribution in [3.63, 3.8) is 0 Å². The number of benzene rings is 1. The minimum atomic E-state index is -0.349. The molecular weight excluding hydrogens is 206 g/mol. The highest BCUT2D eigenvalue weighted by molar-refractivity contribution is 5.77. The molecule has 0 radical (unpaired) electrons. The number of aliphatic hydroxyl groups excluding tert-OH is 1. The molecule has 0 fully saturated rings. The van der Waals surface area contributed by atoms with E-state index in [0.29, 0.717) is 12.2 Å². The lowest BCUT2D eigenvalue weighted by molar-refractivity contribution is -0.122. The molecule has 88 valence electrons. The van der Waals surface area contributed by atoms with Crippen LogP contribution in [0.5, 0.6) is 5.75 Å². The van der Waals surface area contributed by atoms with Crippen molar-refractivity contribution < 1.29 is 14.6 Å². The maximum absolute atomic E-state index is 10.9. The number of amides is 1. The van der Waals surface area contributed by atoms with Gasteiger partial charge in [0.25, 0.3) is 5.91 Å². The van der Waals surface area contributed by atoms with Gasteiger partial charge in [0.2, 0.25) is 0 Å². The fourth-order valence-corrected chi connectivity index (χ4v) is 1.28. The molecule has 0 heterocycles. The molecule has 1 unspecified atom stereocenters. The largest absolute Gasteiger partial charge is 0.484 e. The van der Waals surface area contributed by atoms with Gasteiger partial charge < -0.3 is 15.2 Å². The van der Waals surface area contributed by atoms with Gasteiger partial charge in [-0.15, -0.1) is 0 Å². The zero-order valence-electron chi connectivity index (χ0n) is 9.56. The Kier molecular flexibility index (Phi) is 4.79. The highest BCUT2D eigenvalue weighted by Crippen LogP contribution is 2.13. The summed E-state index contributed by atoms with van der Waals surface area (Å²) >= 11 is 0. The Balaban J connectivity index is 2.48. The van der Waals surface area contributed by atoms with Crippen molar-refractivity contribution in [3.8, 4) is 5.75 Å². The lowest BCUT2D eigenvalue weighted by Crippen LogP contribution is -2.24. The summed E-state index contributed by atoms with van der Waals surface area (Å²) in [6, 6.07) is 7.35. The van der Waals surface area contributed by atoms with E-state index in [2.05, 4.69) is 5.32 Å².